The zero-order valence-corrected chi connectivity index (χ0v) is 13.1. The minimum Gasteiger partial charge on any atom is -0.357 e. The molecule has 1 fully saturated rings. The number of nitrogens with one attached hydrogen (secondary N) is 1. The highest BCUT2D eigenvalue weighted by atomic mass is 32.2. The van der Waals surface area contributed by atoms with E-state index in [9.17, 15) is 0 Å². The van der Waals surface area contributed by atoms with Gasteiger partial charge in [-0.05, 0) is 50.5 Å². The molecular weight excluding hydrogens is 242 g/mol. The fourth-order valence-electron chi connectivity index (χ4n) is 2.35. The number of nitrogens with zero attached hydrogens (tertiary/aromatic N) is 2. The van der Waals surface area contributed by atoms with Crippen molar-refractivity contribution in [3.8, 4) is 0 Å². The smallest absolute Gasteiger partial charge is 0.193 e. The maximum atomic E-state index is 4.77. The first-order chi connectivity index (χ1) is 8.77. The molecule has 1 N–H and O–H groups in total. The van der Waals surface area contributed by atoms with Crippen LogP contribution in [-0.4, -0.2) is 49.0 Å². The molecule has 0 aromatic rings. The fraction of sp³-hybridized carbons (Fsp3) is 0.929. The summed E-state index contributed by atoms with van der Waals surface area (Å²) in [4.78, 5) is 7.20. The Balaban J connectivity index is 2.39. The zero-order valence-electron chi connectivity index (χ0n) is 12.2. The second-order valence-corrected chi connectivity index (χ2v) is 6.11. The summed E-state index contributed by atoms with van der Waals surface area (Å²) in [6.07, 6.45) is 7.32. The summed E-state index contributed by atoms with van der Waals surface area (Å²) in [5.41, 5.74) is 0. The van der Waals surface area contributed by atoms with Crippen molar-refractivity contribution in [1.29, 1.82) is 0 Å². The van der Waals surface area contributed by atoms with Crippen molar-refractivity contribution >= 4 is 17.7 Å². The summed E-state index contributed by atoms with van der Waals surface area (Å²) in [5, 5.41) is 3.43. The predicted molar refractivity (Wildman–Crippen MR) is 83.6 cm³/mol. The van der Waals surface area contributed by atoms with E-state index in [0.29, 0.717) is 0 Å². The van der Waals surface area contributed by atoms with Crippen LogP contribution in [0, 0.1) is 5.92 Å². The van der Waals surface area contributed by atoms with Crippen molar-refractivity contribution in [3.05, 3.63) is 0 Å². The predicted octanol–water partition coefficient (Wildman–Crippen LogP) is 2.83. The standard InChI is InChI=1S/C14H29N3S/c1-4-15-14(16-9-5-6-11-18-3)17-10-7-8-13(2)12-17/h13H,4-12H2,1-3H3,(H,15,16). The highest BCUT2D eigenvalue weighted by Gasteiger charge is 2.18. The molecule has 0 aromatic carbocycles. The van der Waals surface area contributed by atoms with Gasteiger partial charge in [0.2, 0.25) is 0 Å². The van der Waals surface area contributed by atoms with Gasteiger partial charge in [-0.1, -0.05) is 6.92 Å². The van der Waals surface area contributed by atoms with Crippen LogP contribution in [0.15, 0.2) is 4.99 Å². The summed E-state index contributed by atoms with van der Waals surface area (Å²) in [5.74, 6) is 3.19. The largest absolute Gasteiger partial charge is 0.357 e. The number of guanidine groups is 1. The first kappa shape index (κ1) is 15.7. The first-order valence-electron chi connectivity index (χ1n) is 7.30. The van der Waals surface area contributed by atoms with Gasteiger partial charge < -0.3 is 10.2 Å². The number of aliphatic imine (C=N–C) groups is 1. The van der Waals surface area contributed by atoms with Gasteiger partial charge in [-0.2, -0.15) is 11.8 Å². The molecule has 0 aliphatic carbocycles. The summed E-state index contributed by atoms with van der Waals surface area (Å²) < 4.78 is 0. The van der Waals surface area contributed by atoms with E-state index in [1.165, 1.54) is 38.0 Å². The van der Waals surface area contributed by atoms with E-state index in [4.69, 9.17) is 4.99 Å². The minimum atomic E-state index is 0.805. The third kappa shape index (κ3) is 5.98. The van der Waals surface area contributed by atoms with Crippen LogP contribution in [0.25, 0.3) is 0 Å². The fourth-order valence-corrected chi connectivity index (χ4v) is 2.84. The molecule has 1 atom stereocenters. The lowest BCUT2D eigenvalue weighted by atomic mass is 10.0. The second kappa shape index (κ2) is 9.54. The summed E-state index contributed by atoms with van der Waals surface area (Å²) in [7, 11) is 0. The maximum Gasteiger partial charge on any atom is 0.193 e. The van der Waals surface area contributed by atoms with Crippen LogP contribution < -0.4 is 5.32 Å². The van der Waals surface area contributed by atoms with E-state index >= 15 is 0 Å². The molecule has 0 aromatic heterocycles. The normalized spacial score (nSPS) is 21.2. The van der Waals surface area contributed by atoms with E-state index in [2.05, 4.69) is 30.3 Å². The molecule has 4 heteroatoms. The van der Waals surface area contributed by atoms with Crippen LogP contribution >= 0.6 is 11.8 Å². The van der Waals surface area contributed by atoms with Gasteiger partial charge in [0.15, 0.2) is 5.96 Å². The van der Waals surface area contributed by atoms with Crippen molar-refractivity contribution < 1.29 is 0 Å². The van der Waals surface area contributed by atoms with E-state index in [0.717, 1.165) is 31.5 Å². The van der Waals surface area contributed by atoms with Gasteiger partial charge in [-0.15, -0.1) is 0 Å². The number of unbranched alkanes of at least 4 members (excludes halogenated alkanes) is 1. The molecule has 0 bridgehead atoms. The lowest BCUT2D eigenvalue weighted by Crippen LogP contribution is -2.46. The summed E-state index contributed by atoms with van der Waals surface area (Å²) in [6.45, 7) is 8.75. The molecule has 1 aliphatic heterocycles. The Kier molecular flexibility index (Phi) is 8.31. The maximum absolute atomic E-state index is 4.77. The Labute approximate surface area is 117 Å². The highest BCUT2D eigenvalue weighted by molar-refractivity contribution is 7.98. The molecule has 1 heterocycles. The average Bonchev–Trinajstić information content (AvgIpc) is 2.37. The van der Waals surface area contributed by atoms with Gasteiger partial charge in [-0.25, -0.2) is 0 Å². The molecule has 1 rings (SSSR count). The Morgan fingerprint density at radius 1 is 1.44 bits per heavy atom. The highest BCUT2D eigenvalue weighted by Crippen LogP contribution is 2.15. The summed E-state index contributed by atoms with van der Waals surface area (Å²) >= 11 is 1.92. The average molecular weight is 271 g/mol. The number of hydrogen-bond donors (Lipinski definition) is 1. The monoisotopic (exact) mass is 271 g/mol. The van der Waals surface area contributed by atoms with E-state index in [1.807, 2.05) is 11.8 Å². The lowest BCUT2D eigenvalue weighted by molar-refractivity contribution is 0.266. The Morgan fingerprint density at radius 3 is 2.94 bits per heavy atom. The molecule has 18 heavy (non-hydrogen) atoms. The molecule has 0 spiro atoms. The second-order valence-electron chi connectivity index (χ2n) is 5.13. The molecule has 1 saturated heterocycles. The van der Waals surface area contributed by atoms with Crippen molar-refractivity contribution in [3.63, 3.8) is 0 Å². The van der Waals surface area contributed by atoms with E-state index < -0.39 is 0 Å². The molecule has 106 valence electrons. The third-order valence-electron chi connectivity index (χ3n) is 3.31. The Hall–Kier alpha value is -0.380. The van der Waals surface area contributed by atoms with Crippen molar-refractivity contribution in [1.82, 2.24) is 10.2 Å². The Bertz CT molecular complexity index is 243. The third-order valence-corrected chi connectivity index (χ3v) is 4.01. The molecule has 0 radical (unpaired) electrons. The molecular formula is C14H29N3S. The van der Waals surface area contributed by atoms with Gasteiger partial charge in [0.25, 0.3) is 0 Å². The number of thioether (sulfide) groups is 1. The molecule has 1 aliphatic rings. The minimum absolute atomic E-state index is 0.805. The van der Waals surface area contributed by atoms with Crippen LogP contribution in [0.5, 0.6) is 0 Å². The van der Waals surface area contributed by atoms with Gasteiger partial charge in [0.05, 0.1) is 0 Å². The van der Waals surface area contributed by atoms with Crippen molar-refractivity contribution in [2.45, 2.75) is 39.5 Å². The number of likely N-dealkylation sites (tertiary alicyclic amines) is 1. The quantitative estimate of drug-likeness (QED) is 0.457. The lowest BCUT2D eigenvalue weighted by Gasteiger charge is -2.33. The van der Waals surface area contributed by atoms with Crippen LogP contribution in [-0.2, 0) is 0 Å². The van der Waals surface area contributed by atoms with Gasteiger partial charge in [0.1, 0.15) is 0 Å². The van der Waals surface area contributed by atoms with Crippen LogP contribution in [0.2, 0.25) is 0 Å². The van der Waals surface area contributed by atoms with Crippen LogP contribution in [0.4, 0.5) is 0 Å². The van der Waals surface area contributed by atoms with Crippen molar-refractivity contribution in [2.75, 3.05) is 38.2 Å². The van der Waals surface area contributed by atoms with E-state index in [-0.39, 0.29) is 0 Å². The van der Waals surface area contributed by atoms with Gasteiger partial charge in [-0.3, -0.25) is 4.99 Å². The molecule has 1 unspecified atom stereocenters. The number of rotatable bonds is 6. The first-order valence-corrected chi connectivity index (χ1v) is 8.69. The Morgan fingerprint density at radius 2 is 2.28 bits per heavy atom. The van der Waals surface area contributed by atoms with Gasteiger partial charge >= 0.3 is 0 Å². The van der Waals surface area contributed by atoms with Crippen LogP contribution in [0.1, 0.15) is 39.5 Å². The summed E-state index contributed by atoms with van der Waals surface area (Å²) in [6, 6.07) is 0. The topological polar surface area (TPSA) is 27.6 Å². The number of hydrogen-bond acceptors (Lipinski definition) is 2. The molecule has 3 nitrogen and oxygen atoms in total. The number of piperidine rings is 1. The SMILES string of the molecule is CCNC(=NCCCCSC)N1CCCC(C)C1. The zero-order chi connectivity index (χ0) is 13.2. The van der Waals surface area contributed by atoms with Crippen LogP contribution in [0.3, 0.4) is 0 Å². The molecule has 0 saturated carbocycles. The van der Waals surface area contributed by atoms with E-state index in [1.54, 1.807) is 0 Å². The van der Waals surface area contributed by atoms with Gasteiger partial charge in [0, 0.05) is 26.2 Å². The van der Waals surface area contributed by atoms with Crippen molar-refractivity contribution in [2.24, 2.45) is 10.9 Å². The molecule has 0 amide bonds.